The number of halogens is 1. The lowest BCUT2D eigenvalue weighted by atomic mass is 9.85. The highest BCUT2D eigenvalue weighted by Crippen LogP contribution is 2.35. The molecule has 3 amide bonds. The number of amides is 3. The molecule has 1 aliphatic carbocycles. The minimum Gasteiger partial charge on any atom is -0.326 e. The van der Waals surface area contributed by atoms with Gasteiger partial charge in [0.1, 0.15) is 0 Å². The first-order valence-corrected chi connectivity index (χ1v) is 8.91. The van der Waals surface area contributed by atoms with Crippen LogP contribution in [0.2, 0.25) is 5.02 Å². The van der Waals surface area contributed by atoms with E-state index in [4.69, 9.17) is 11.6 Å². The molecule has 3 rings (SSSR count). The Kier molecular flexibility index (Phi) is 5.23. The summed E-state index contributed by atoms with van der Waals surface area (Å²) in [6, 6.07) is 5.32. The number of rotatable bonds is 5. The van der Waals surface area contributed by atoms with Crippen molar-refractivity contribution in [2.75, 3.05) is 11.9 Å². The van der Waals surface area contributed by atoms with E-state index in [0.717, 1.165) is 5.56 Å². The summed E-state index contributed by atoms with van der Waals surface area (Å²) in [6.45, 7) is 2.19. The molecule has 6 heteroatoms. The SMILES string of the molecule is Cc1ccc(Cl)cc1NC(=O)CCCN1C(=O)[C@H]2CC=CC[C@@H]2C1=O. The summed E-state index contributed by atoms with van der Waals surface area (Å²) in [5, 5.41) is 3.39. The van der Waals surface area contributed by atoms with Crippen LogP contribution in [-0.4, -0.2) is 29.2 Å². The Morgan fingerprint density at radius 3 is 2.48 bits per heavy atom. The Morgan fingerprint density at radius 2 is 1.84 bits per heavy atom. The van der Waals surface area contributed by atoms with Gasteiger partial charge >= 0.3 is 0 Å². The summed E-state index contributed by atoms with van der Waals surface area (Å²) in [4.78, 5) is 38.2. The van der Waals surface area contributed by atoms with Gasteiger partial charge in [-0.05, 0) is 43.9 Å². The topological polar surface area (TPSA) is 66.5 Å². The number of imide groups is 1. The molecule has 1 heterocycles. The third-order valence-corrected chi connectivity index (χ3v) is 5.09. The maximum absolute atomic E-state index is 12.4. The van der Waals surface area contributed by atoms with Crippen LogP contribution in [0.15, 0.2) is 30.4 Å². The zero-order chi connectivity index (χ0) is 18.0. The number of nitrogens with one attached hydrogen (secondary N) is 1. The fourth-order valence-corrected chi connectivity index (χ4v) is 3.60. The minimum absolute atomic E-state index is 0.0922. The van der Waals surface area contributed by atoms with Crippen molar-refractivity contribution < 1.29 is 14.4 Å². The molecule has 1 fully saturated rings. The summed E-state index contributed by atoms with van der Waals surface area (Å²) >= 11 is 5.94. The first-order chi connectivity index (χ1) is 12.0. The molecule has 25 heavy (non-hydrogen) atoms. The number of hydrogen-bond donors (Lipinski definition) is 1. The van der Waals surface area contributed by atoms with E-state index in [9.17, 15) is 14.4 Å². The molecule has 1 saturated heterocycles. The van der Waals surface area contributed by atoms with E-state index >= 15 is 0 Å². The predicted octanol–water partition coefficient (Wildman–Crippen LogP) is 3.32. The van der Waals surface area contributed by atoms with Crippen molar-refractivity contribution in [2.24, 2.45) is 11.8 Å². The highest BCUT2D eigenvalue weighted by atomic mass is 35.5. The van der Waals surface area contributed by atoms with Crippen molar-refractivity contribution in [1.82, 2.24) is 4.90 Å². The van der Waals surface area contributed by atoms with Gasteiger partial charge in [0.05, 0.1) is 11.8 Å². The number of benzene rings is 1. The lowest BCUT2D eigenvalue weighted by Crippen LogP contribution is -2.32. The van der Waals surface area contributed by atoms with Crippen molar-refractivity contribution in [1.29, 1.82) is 0 Å². The van der Waals surface area contributed by atoms with Gasteiger partial charge in [-0.3, -0.25) is 19.3 Å². The van der Waals surface area contributed by atoms with E-state index in [1.165, 1.54) is 4.90 Å². The second-order valence-electron chi connectivity index (χ2n) is 6.59. The molecule has 0 aromatic heterocycles. The van der Waals surface area contributed by atoms with E-state index < -0.39 is 0 Å². The van der Waals surface area contributed by atoms with E-state index in [-0.39, 0.29) is 36.0 Å². The summed E-state index contributed by atoms with van der Waals surface area (Å²) < 4.78 is 0. The van der Waals surface area contributed by atoms with Crippen LogP contribution < -0.4 is 5.32 Å². The molecule has 1 aromatic carbocycles. The van der Waals surface area contributed by atoms with E-state index in [0.29, 0.717) is 36.5 Å². The molecule has 1 N–H and O–H groups in total. The maximum atomic E-state index is 12.4. The molecular formula is C19H21ClN2O3. The molecule has 0 spiro atoms. The molecule has 1 aromatic rings. The smallest absolute Gasteiger partial charge is 0.233 e. The third-order valence-electron chi connectivity index (χ3n) is 4.86. The van der Waals surface area contributed by atoms with Gasteiger partial charge in [0, 0.05) is 23.7 Å². The number of likely N-dealkylation sites (tertiary alicyclic amines) is 1. The van der Waals surface area contributed by atoms with Crippen molar-refractivity contribution in [3.63, 3.8) is 0 Å². The molecule has 0 unspecified atom stereocenters. The van der Waals surface area contributed by atoms with Gasteiger partial charge in [0.25, 0.3) is 0 Å². The third kappa shape index (κ3) is 3.76. The lowest BCUT2D eigenvalue weighted by Gasteiger charge is -2.14. The molecule has 0 bridgehead atoms. The lowest BCUT2D eigenvalue weighted by molar-refractivity contribution is -0.140. The van der Waals surface area contributed by atoms with Crippen LogP contribution >= 0.6 is 11.6 Å². The monoisotopic (exact) mass is 360 g/mol. The number of aryl methyl sites for hydroxylation is 1. The second kappa shape index (κ2) is 7.40. The average Bonchev–Trinajstić information content (AvgIpc) is 2.83. The van der Waals surface area contributed by atoms with Gasteiger partial charge in [-0.25, -0.2) is 0 Å². The van der Waals surface area contributed by atoms with Crippen LogP contribution in [0, 0.1) is 18.8 Å². The Balaban J connectivity index is 1.51. The number of anilines is 1. The molecule has 2 aliphatic rings. The molecule has 132 valence electrons. The fourth-order valence-electron chi connectivity index (χ4n) is 3.43. The van der Waals surface area contributed by atoms with Crippen LogP contribution in [0.5, 0.6) is 0 Å². The van der Waals surface area contributed by atoms with Crippen molar-refractivity contribution in [3.8, 4) is 0 Å². The number of carbonyl (C=O) groups is 3. The highest BCUT2D eigenvalue weighted by molar-refractivity contribution is 6.31. The van der Waals surface area contributed by atoms with Crippen molar-refractivity contribution in [2.45, 2.75) is 32.6 Å². The molecular weight excluding hydrogens is 340 g/mol. The van der Waals surface area contributed by atoms with Gasteiger partial charge in [-0.1, -0.05) is 29.8 Å². The molecule has 5 nitrogen and oxygen atoms in total. The minimum atomic E-state index is -0.208. The van der Waals surface area contributed by atoms with Crippen molar-refractivity contribution in [3.05, 3.63) is 40.9 Å². The number of hydrogen-bond acceptors (Lipinski definition) is 3. The molecule has 0 radical (unpaired) electrons. The first kappa shape index (κ1) is 17.7. The standard InChI is InChI=1S/C19H21ClN2O3/c1-12-8-9-13(20)11-16(12)21-17(23)7-4-10-22-18(24)14-5-2-3-6-15(14)19(22)25/h2-3,8-9,11,14-15H,4-7,10H2,1H3,(H,21,23)/t14-,15-/m0/s1. The average molecular weight is 361 g/mol. The van der Waals surface area contributed by atoms with Gasteiger partial charge in [0.2, 0.25) is 17.7 Å². The number of fused-ring (bicyclic) bond motifs is 1. The maximum Gasteiger partial charge on any atom is 0.233 e. The first-order valence-electron chi connectivity index (χ1n) is 8.53. The van der Waals surface area contributed by atoms with Gasteiger partial charge in [-0.2, -0.15) is 0 Å². The normalized spacial score (nSPS) is 22.2. The summed E-state index contributed by atoms with van der Waals surface area (Å²) in [6.07, 6.45) is 5.92. The highest BCUT2D eigenvalue weighted by Gasteiger charge is 2.46. The van der Waals surface area contributed by atoms with Gasteiger partial charge < -0.3 is 5.32 Å². The fraction of sp³-hybridized carbons (Fsp3) is 0.421. The number of allylic oxidation sites excluding steroid dienone is 2. The Labute approximate surface area is 152 Å². The van der Waals surface area contributed by atoms with Crippen LogP contribution in [0.3, 0.4) is 0 Å². The van der Waals surface area contributed by atoms with E-state index in [1.807, 2.05) is 25.1 Å². The zero-order valence-corrected chi connectivity index (χ0v) is 14.9. The Morgan fingerprint density at radius 1 is 1.20 bits per heavy atom. The van der Waals surface area contributed by atoms with E-state index in [2.05, 4.69) is 5.32 Å². The zero-order valence-electron chi connectivity index (χ0n) is 14.1. The van der Waals surface area contributed by atoms with Crippen LogP contribution in [0.1, 0.15) is 31.2 Å². The van der Waals surface area contributed by atoms with Crippen LogP contribution in [-0.2, 0) is 14.4 Å². The Bertz CT molecular complexity index is 718. The molecule has 0 saturated carbocycles. The Hall–Kier alpha value is -2.14. The predicted molar refractivity (Wildman–Crippen MR) is 96.1 cm³/mol. The summed E-state index contributed by atoms with van der Waals surface area (Å²) in [5.74, 6) is -0.750. The number of carbonyl (C=O) groups excluding carboxylic acids is 3. The van der Waals surface area contributed by atoms with E-state index in [1.54, 1.807) is 12.1 Å². The van der Waals surface area contributed by atoms with Crippen LogP contribution in [0.4, 0.5) is 5.69 Å². The quantitative estimate of drug-likeness (QED) is 0.647. The largest absolute Gasteiger partial charge is 0.326 e. The second-order valence-corrected chi connectivity index (χ2v) is 7.03. The number of nitrogens with zero attached hydrogens (tertiary/aromatic N) is 1. The summed E-state index contributed by atoms with van der Waals surface area (Å²) in [5.41, 5.74) is 1.61. The summed E-state index contributed by atoms with van der Waals surface area (Å²) in [7, 11) is 0. The van der Waals surface area contributed by atoms with Crippen molar-refractivity contribution >= 4 is 35.0 Å². The van der Waals surface area contributed by atoms with Gasteiger partial charge in [0.15, 0.2) is 0 Å². The molecule has 1 aliphatic heterocycles. The van der Waals surface area contributed by atoms with Gasteiger partial charge in [-0.15, -0.1) is 0 Å². The van der Waals surface area contributed by atoms with Crippen LogP contribution in [0.25, 0.3) is 0 Å². The molecule has 2 atom stereocenters.